The monoisotopic (exact) mass is 302 g/mol. The maximum atomic E-state index is 11.5. The number of methoxy groups -OCH3 is 1. The van der Waals surface area contributed by atoms with Crippen LogP contribution in [0.25, 0.3) is 0 Å². The van der Waals surface area contributed by atoms with Gasteiger partial charge in [-0.05, 0) is 24.6 Å². The van der Waals surface area contributed by atoms with E-state index < -0.39 is 0 Å². The fraction of sp³-hybridized carbons (Fsp3) is 0.364. The summed E-state index contributed by atoms with van der Waals surface area (Å²) in [6.07, 6.45) is 0.531. The Bertz CT molecular complexity index is 385. The van der Waals surface area contributed by atoms with E-state index in [4.69, 9.17) is 9.84 Å². The third kappa shape index (κ3) is 4.62. The lowest BCUT2D eigenvalue weighted by Crippen LogP contribution is -2.30. The highest BCUT2D eigenvalue weighted by molar-refractivity contribution is 9.10. The van der Waals surface area contributed by atoms with Crippen molar-refractivity contribution in [1.29, 1.82) is 0 Å². The number of halogens is 1. The molecule has 0 saturated heterocycles. The second-order valence-electron chi connectivity index (χ2n) is 3.30. The molecule has 0 aromatic heterocycles. The van der Waals surface area contributed by atoms with E-state index in [1.54, 1.807) is 12.1 Å². The van der Waals surface area contributed by atoms with Crippen molar-refractivity contribution < 1.29 is 14.6 Å². The molecule has 6 heteroatoms. The number of carbonyl (C=O) groups excluding carboxylic acids is 1. The molecule has 0 aliphatic rings. The van der Waals surface area contributed by atoms with Crippen molar-refractivity contribution in [2.45, 2.75) is 6.42 Å². The van der Waals surface area contributed by atoms with E-state index in [9.17, 15) is 4.79 Å². The summed E-state index contributed by atoms with van der Waals surface area (Å²) in [6, 6.07) is 5.01. The van der Waals surface area contributed by atoms with Crippen molar-refractivity contribution in [2.75, 3.05) is 25.6 Å². The molecule has 94 valence electrons. The summed E-state index contributed by atoms with van der Waals surface area (Å²) < 4.78 is 5.97. The van der Waals surface area contributed by atoms with E-state index in [1.807, 2.05) is 6.07 Å². The molecule has 1 aromatic carbocycles. The zero-order valence-corrected chi connectivity index (χ0v) is 11.1. The van der Waals surface area contributed by atoms with Gasteiger partial charge in [0.15, 0.2) is 0 Å². The van der Waals surface area contributed by atoms with Crippen molar-refractivity contribution >= 4 is 27.6 Å². The van der Waals surface area contributed by atoms with Crippen LogP contribution in [0.3, 0.4) is 0 Å². The number of hydrogen-bond acceptors (Lipinski definition) is 3. The summed E-state index contributed by atoms with van der Waals surface area (Å²) >= 11 is 3.32. The van der Waals surface area contributed by atoms with Gasteiger partial charge in [0.25, 0.3) is 0 Å². The molecule has 0 radical (unpaired) electrons. The number of benzene rings is 1. The van der Waals surface area contributed by atoms with Gasteiger partial charge in [0, 0.05) is 17.6 Å². The Morgan fingerprint density at radius 2 is 2.29 bits per heavy atom. The second-order valence-corrected chi connectivity index (χ2v) is 4.22. The highest BCUT2D eigenvalue weighted by atomic mass is 79.9. The Balaban J connectivity index is 2.60. The average Bonchev–Trinajstić information content (AvgIpc) is 2.29. The number of rotatable bonds is 5. The number of nitrogens with one attached hydrogen (secondary N) is 2. The Morgan fingerprint density at radius 3 is 2.94 bits per heavy atom. The van der Waals surface area contributed by atoms with Crippen LogP contribution in [0.1, 0.15) is 6.42 Å². The molecular formula is C11H15BrN2O3. The van der Waals surface area contributed by atoms with Crippen LogP contribution in [0, 0.1) is 0 Å². The normalized spacial score (nSPS) is 9.82. The number of aliphatic hydroxyl groups is 1. The second kappa shape index (κ2) is 7.13. The molecule has 5 nitrogen and oxygen atoms in total. The summed E-state index contributed by atoms with van der Waals surface area (Å²) in [7, 11) is 1.54. The first-order chi connectivity index (χ1) is 8.17. The molecule has 3 N–H and O–H groups in total. The zero-order chi connectivity index (χ0) is 12.7. The van der Waals surface area contributed by atoms with Gasteiger partial charge in [0.2, 0.25) is 0 Å². The van der Waals surface area contributed by atoms with Gasteiger partial charge in [-0.15, -0.1) is 0 Å². The fourth-order valence-electron chi connectivity index (χ4n) is 1.23. The molecule has 2 amide bonds. The number of aliphatic hydroxyl groups excluding tert-OH is 1. The molecule has 0 unspecified atom stereocenters. The quantitative estimate of drug-likeness (QED) is 0.728. The summed E-state index contributed by atoms with van der Waals surface area (Å²) in [5, 5.41) is 13.9. The molecule has 0 aliphatic carbocycles. The summed E-state index contributed by atoms with van der Waals surface area (Å²) in [5.74, 6) is 0.588. The molecule has 0 aliphatic heterocycles. The van der Waals surface area contributed by atoms with E-state index in [2.05, 4.69) is 26.6 Å². The SMILES string of the molecule is COc1ccc(Br)cc1NC(=O)NCCCO. The Morgan fingerprint density at radius 1 is 1.53 bits per heavy atom. The largest absolute Gasteiger partial charge is 0.495 e. The predicted octanol–water partition coefficient (Wildman–Crippen LogP) is 1.96. The number of hydrogen-bond donors (Lipinski definition) is 3. The van der Waals surface area contributed by atoms with Crippen LogP contribution < -0.4 is 15.4 Å². The van der Waals surface area contributed by atoms with Crippen LogP contribution in [0.15, 0.2) is 22.7 Å². The Labute approximate surface area is 108 Å². The van der Waals surface area contributed by atoms with Gasteiger partial charge in [0.1, 0.15) is 5.75 Å². The van der Waals surface area contributed by atoms with E-state index in [-0.39, 0.29) is 12.6 Å². The fourth-order valence-corrected chi connectivity index (χ4v) is 1.59. The summed E-state index contributed by atoms with van der Waals surface area (Å²) in [6.45, 7) is 0.485. The predicted molar refractivity (Wildman–Crippen MR) is 69.4 cm³/mol. The van der Waals surface area contributed by atoms with Crippen LogP contribution in [-0.2, 0) is 0 Å². The minimum absolute atomic E-state index is 0.0560. The molecule has 0 spiro atoms. The molecule has 0 atom stereocenters. The number of carbonyl (C=O) groups is 1. The summed E-state index contributed by atoms with van der Waals surface area (Å²) in [4.78, 5) is 11.5. The van der Waals surface area contributed by atoms with Crippen molar-refractivity contribution in [2.24, 2.45) is 0 Å². The highest BCUT2D eigenvalue weighted by Gasteiger charge is 2.07. The molecule has 17 heavy (non-hydrogen) atoms. The number of urea groups is 1. The molecule has 0 saturated carbocycles. The van der Waals surface area contributed by atoms with Crippen LogP contribution >= 0.6 is 15.9 Å². The third-order valence-electron chi connectivity index (χ3n) is 2.03. The van der Waals surface area contributed by atoms with Crippen molar-refractivity contribution in [3.8, 4) is 5.75 Å². The lowest BCUT2D eigenvalue weighted by Gasteiger charge is -2.11. The number of ether oxygens (including phenoxy) is 1. The minimum atomic E-state index is -0.324. The van der Waals surface area contributed by atoms with Gasteiger partial charge in [-0.2, -0.15) is 0 Å². The van der Waals surface area contributed by atoms with Crippen LogP contribution in [-0.4, -0.2) is 31.4 Å². The smallest absolute Gasteiger partial charge is 0.319 e. The first-order valence-electron chi connectivity index (χ1n) is 5.16. The minimum Gasteiger partial charge on any atom is -0.495 e. The van der Waals surface area contributed by atoms with Crippen LogP contribution in [0.5, 0.6) is 5.75 Å². The van der Waals surface area contributed by atoms with Gasteiger partial charge in [0.05, 0.1) is 12.8 Å². The lowest BCUT2D eigenvalue weighted by molar-refractivity contribution is 0.248. The van der Waals surface area contributed by atoms with Crippen molar-refractivity contribution in [3.63, 3.8) is 0 Å². The molecule has 0 bridgehead atoms. The van der Waals surface area contributed by atoms with E-state index in [1.165, 1.54) is 7.11 Å². The first kappa shape index (κ1) is 13.8. The third-order valence-corrected chi connectivity index (χ3v) is 2.52. The van der Waals surface area contributed by atoms with Gasteiger partial charge in [-0.1, -0.05) is 15.9 Å². The highest BCUT2D eigenvalue weighted by Crippen LogP contribution is 2.27. The van der Waals surface area contributed by atoms with E-state index >= 15 is 0 Å². The lowest BCUT2D eigenvalue weighted by atomic mass is 10.3. The molecule has 1 aromatic rings. The van der Waals surface area contributed by atoms with Crippen LogP contribution in [0.4, 0.5) is 10.5 Å². The van der Waals surface area contributed by atoms with Gasteiger partial charge >= 0.3 is 6.03 Å². The van der Waals surface area contributed by atoms with Crippen LogP contribution in [0.2, 0.25) is 0 Å². The van der Waals surface area contributed by atoms with Crippen molar-refractivity contribution in [1.82, 2.24) is 5.32 Å². The van der Waals surface area contributed by atoms with Gasteiger partial charge < -0.3 is 20.5 Å². The average molecular weight is 303 g/mol. The van der Waals surface area contributed by atoms with Gasteiger partial charge in [-0.25, -0.2) is 4.79 Å². The number of amides is 2. The number of anilines is 1. The zero-order valence-electron chi connectivity index (χ0n) is 9.50. The van der Waals surface area contributed by atoms with Crippen molar-refractivity contribution in [3.05, 3.63) is 22.7 Å². The van der Waals surface area contributed by atoms with E-state index in [0.29, 0.717) is 24.4 Å². The molecular weight excluding hydrogens is 288 g/mol. The van der Waals surface area contributed by atoms with Gasteiger partial charge in [-0.3, -0.25) is 0 Å². The topological polar surface area (TPSA) is 70.6 Å². The Kier molecular flexibility index (Phi) is 5.79. The van der Waals surface area contributed by atoms with E-state index in [0.717, 1.165) is 4.47 Å². The molecule has 0 heterocycles. The Hall–Kier alpha value is -1.27. The first-order valence-corrected chi connectivity index (χ1v) is 5.96. The molecule has 1 rings (SSSR count). The summed E-state index contributed by atoms with van der Waals surface area (Å²) in [5.41, 5.74) is 0.586. The molecule has 0 fully saturated rings. The standard InChI is InChI=1S/C11H15BrN2O3/c1-17-10-4-3-8(12)7-9(10)14-11(16)13-5-2-6-15/h3-4,7,15H,2,5-6H2,1H3,(H2,13,14,16). The maximum absolute atomic E-state index is 11.5. The maximum Gasteiger partial charge on any atom is 0.319 e.